The van der Waals surface area contributed by atoms with Crippen molar-refractivity contribution in [3.8, 4) is 0 Å². The van der Waals surface area contributed by atoms with Crippen LogP contribution in [0.5, 0.6) is 0 Å². The van der Waals surface area contributed by atoms with Gasteiger partial charge in [-0.3, -0.25) is 4.90 Å². The van der Waals surface area contributed by atoms with E-state index < -0.39 is 0 Å². The molecule has 0 amide bonds. The molecule has 0 aliphatic heterocycles. The van der Waals surface area contributed by atoms with Gasteiger partial charge in [0, 0.05) is 18.1 Å². The van der Waals surface area contributed by atoms with E-state index in [1.54, 1.807) is 0 Å². The fourth-order valence-corrected chi connectivity index (χ4v) is 4.02. The van der Waals surface area contributed by atoms with E-state index in [-0.39, 0.29) is 0 Å². The van der Waals surface area contributed by atoms with Crippen molar-refractivity contribution in [2.45, 2.75) is 91.8 Å². The molecule has 1 rings (SSSR count). The Balaban J connectivity index is 2.82. The summed E-state index contributed by atoms with van der Waals surface area (Å²) in [5.41, 5.74) is 0.449. The van der Waals surface area contributed by atoms with Gasteiger partial charge in [-0.25, -0.2) is 0 Å². The summed E-state index contributed by atoms with van der Waals surface area (Å²) in [6, 6.07) is 2.13. The van der Waals surface area contributed by atoms with E-state index in [2.05, 4.69) is 58.8 Å². The Bertz CT molecular complexity index is 265. The molecule has 120 valence electrons. The Morgan fingerprint density at radius 2 is 1.70 bits per heavy atom. The lowest BCUT2D eigenvalue weighted by Gasteiger charge is -2.47. The van der Waals surface area contributed by atoms with E-state index in [1.807, 2.05) is 0 Å². The largest absolute Gasteiger partial charge is 0.313 e. The molecule has 3 unspecified atom stereocenters. The lowest BCUT2D eigenvalue weighted by Crippen LogP contribution is -2.55. The smallest absolute Gasteiger partial charge is 0.0252 e. The second kappa shape index (κ2) is 7.79. The molecule has 2 heteroatoms. The number of nitrogens with zero attached hydrogens (tertiary/aromatic N) is 1. The minimum absolute atomic E-state index is 0.449. The maximum absolute atomic E-state index is 3.75. The third kappa shape index (κ3) is 4.46. The standard InChI is InChI=1S/C18H38N2/c1-8-15(9-2)20(7)17-13-14(18(4,5)6)11-12-16(17)19-10-3/h14-17,19H,8-13H2,1-7H3. The molecule has 1 saturated carbocycles. The summed E-state index contributed by atoms with van der Waals surface area (Å²) < 4.78 is 0. The van der Waals surface area contributed by atoms with Gasteiger partial charge < -0.3 is 5.32 Å². The number of rotatable bonds is 6. The molecule has 2 nitrogen and oxygen atoms in total. The minimum atomic E-state index is 0.449. The summed E-state index contributed by atoms with van der Waals surface area (Å²) in [6.45, 7) is 15.2. The van der Waals surface area contributed by atoms with Gasteiger partial charge in [0.1, 0.15) is 0 Å². The number of hydrogen-bond donors (Lipinski definition) is 1. The maximum atomic E-state index is 3.75. The quantitative estimate of drug-likeness (QED) is 0.781. The fraction of sp³-hybridized carbons (Fsp3) is 1.00. The second-order valence-corrected chi connectivity index (χ2v) is 7.74. The summed E-state index contributed by atoms with van der Waals surface area (Å²) in [4.78, 5) is 2.69. The highest BCUT2D eigenvalue weighted by Crippen LogP contribution is 2.39. The van der Waals surface area contributed by atoms with Crippen LogP contribution in [0.25, 0.3) is 0 Å². The summed E-state index contributed by atoms with van der Waals surface area (Å²) in [6.07, 6.45) is 6.61. The first-order chi connectivity index (χ1) is 9.35. The molecular weight excluding hydrogens is 244 g/mol. The van der Waals surface area contributed by atoms with E-state index in [4.69, 9.17) is 0 Å². The van der Waals surface area contributed by atoms with E-state index in [9.17, 15) is 0 Å². The van der Waals surface area contributed by atoms with Crippen LogP contribution in [0.2, 0.25) is 0 Å². The van der Waals surface area contributed by atoms with Crippen LogP contribution in [0, 0.1) is 11.3 Å². The van der Waals surface area contributed by atoms with Crippen LogP contribution in [-0.4, -0.2) is 36.6 Å². The zero-order chi connectivity index (χ0) is 15.3. The molecule has 1 fully saturated rings. The van der Waals surface area contributed by atoms with Crippen molar-refractivity contribution in [3.05, 3.63) is 0 Å². The molecule has 1 N–H and O–H groups in total. The van der Waals surface area contributed by atoms with Crippen LogP contribution in [0.1, 0.15) is 73.6 Å². The molecular formula is C18H38N2. The van der Waals surface area contributed by atoms with Crippen molar-refractivity contribution in [2.24, 2.45) is 11.3 Å². The predicted octanol–water partition coefficient (Wildman–Crippen LogP) is 4.30. The average molecular weight is 283 g/mol. The Kier molecular flexibility index (Phi) is 7.00. The van der Waals surface area contributed by atoms with Gasteiger partial charge in [-0.2, -0.15) is 0 Å². The first-order valence-electron chi connectivity index (χ1n) is 8.80. The lowest BCUT2D eigenvalue weighted by atomic mass is 9.69. The van der Waals surface area contributed by atoms with Crippen molar-refractivity contribution in [1.82, 2.24) is 10.2 Å². The number of hydrogen-bond acceptors (Lipinski definition) is 2. The van der Waals surface area contributed by atoms with Gasteiger partial charge in [-0.1, -0.05) is 41.5 Å². The SMILES string of the molecule is CCNC1CCC(C(C)(C)C)CC1N(C)C(CC)CC. The third-order valence-electron chi connectivity index (χ3n) is 5.55. The van der Waals surface area contributed by atoms with Crippen LogP contribution < -0.4 is 5.32 Å². The fourth-order valence-electron chi connectivity index (χ4n) is 4.02. The highest BCUT2D eigenvalue weighted by molar-refractivity contribution is 4.94. The van der Waals surface area contributed by atoms with E-state index in [0.29, 0.717) is 17.5 Å². The molecule has 0 spiro atoms. The number of nitrogens with one attached hydrogen (secondary N) is 1. The van der Waals surface area contributed by atoms with Crippen molar-refractivity contribution in [2.75, 3.05) is 13.6 Å². The zero-order valence-electron chi connectivity index (χ0n) is 15.0. The Hall–Kier alpha value is -0.0800. The second-order valence-electron chi connectivity index (χ2n) is 7.74. The van der Waals surface area contributed by atoms with Gasteiger partial charge in [-0.05, 0) is 57.0 Å². The zero-order valence-corrected chi connectivity index (χ0v) is 15.0. The van der Waals surface area contributed by atoms with E-state index in [0.717, 1.165) is 18.5 Å². The van der Waals surface area contributed by atoms with Crippen molar-refractivity contribution in [3.63, 3.8) is 0 Å². The highest BCUT2D eigenvalue weighted by Gasteiger charge is 2.38. The molecule has 3 atom stereocenters. The van der Waals surface area contributed by atoms with Gasteiger partial charge >= 0.3 is 0 Å². The average Bonchev–Trinajstić information content (AvgIpc) is 2.39. The predicted molar refractivity (Wildman–Crippen MR) is 90.2 cm³/mol. The van der Waals surface area contributed by atoms with E-state index >= 15 is 0 Å². The molecule has 0 aromatic carbocycles. The molecule has 1 aliphatic carbocycles. The van der Waals surface area contributed by atoms with Crippen LogP contribution in [0.4, 0.5) is 0 Å². The summed E-state index contributed by atoms with van der Waals surface area (Å²) in [5.74, 6) is 0.860. The normalized spacial score (nSPS) is 28.4. The monoisotopic (exact) mass is 282 g/mol. The number of likely N-dealkylation sites (N-methyl/N-ethyl adjacent to an activating group) is 2. The Labute approximate surface area is 127 Å². The Morgan fingerprint density at radius 3 is 2.15 bits per heavy atom. The summed E-state index contributed by atoms with van der Waals surface area (Å²) in [5, 5.41) is 3.75. The highest BCUT2D eigenvalue weighted by atomic mass is 15.2. The maximum Gasteiger partial charge on any atom is 0.0252 e. The first-order valence-corrected chi connectivity index (χ1v) is 8.80. The van der Waals surface area contributed by atoms with Crippen molar-refractivity contribution in [1.29, 1.82) is 0 Å². The van der Waals surface area contributed by atoms with Crippen molar-refractivity contribution >= 4 is 0 Å². The molecule has 0 bridgehead atoms. The minimum Gasteiger partial charge on any atom is -0.313 e. The van der Waals surface area contributed by atoms with E-state index in [1.165, 1.54) is 32.1 Å². The molecule has 0 heterocycles. The van der Waals surface area contributed by atoms with Gasteiger partial charge in [0.2, 0.25) is 0 Å². The van der Waals surface area contributed by atoms with Gasteiger partial charge in [-0.15, -0.1) is 0 Å². The van der Waals surface area contributed by atoms with Crippen LogP contribution in [0.3, 0.4) is 0 Å². The topological polar surface area (TPSA) is 15.3 Å². The lowest BCUT2D eigenvalue weighted by molar-refractivity contribution is 0.0476. The summed E-state index contributed by atoms with van der Waals surface area (Å²) in [7, 11) is 2.36. The Morgan fingerprint density at radius 1 is 1.10 bits per heavy atom. The molecule has 0 radical (unpaired) electrons. The molecule has 0 aromatic heterocycles. The molecule has 20 heavy (non-hydrogen) atoms. The van der Waals surface area contributed by atoms with Crippen LogP contribution in [-0.2, 0) is 0 Å². The van der Waals surface area contributed by atoms with Gasteiger partial charge in [0.25, 0.3) is 0 Å². The first kappa shape index (κ1) is 18.0. The van der Waals surface area contributed by atoms with Crippen LogP contribution in [0.15, 0.2) is 0 Å². The van der Waals surface area contributed by atoms with Crippen molar-refractivity contribution < 1.29 is 0 Å². The van der Waals surface area contributed by atoms with Crippen LogP contribution >= 0.6 is 0 Å². The molecule has 0 aromatic rings. The van der Waals surface area contributed by atoms with Gasteiger partial charge in [0.15, 0.2) is 0 Å². The third-order valence-corrected chi connectivity index (χ3v) is 5.55. The molecule has 1 aliphatic rings. The summed E-state index contributed by atoms with van der Waals surface area (Å²) >= 11 is 0. The van der Waals surface area contributed by atoms with Gasteiger partial charge in [0.05, 0.1) is 0 Å². The molecule has 0 saturated heterocycles.